The van der Waals surface area contributed by atoms with E-state index in [0.29, 0.717) is 0 Å². The summed E-state index contributed by atoms with van der Waals surface area (Å²) in [6.45, 7) is 7.94. The number of hydrogen-bond acceptors (Lipinski definition) is 3. The fourth-order valence-electron chi connectivity index (χ4n) is 2.63. The maximum atomic E-state index is 5.99. The maximum Gasteiger partial charge on any atom is 0.0307 e. The van der Waals surface area contributed by atoms with E-state index in [-0.39, 0.29) is 5.54 Å². The van der Waals surface area contributed by atoms with Crippen molar-refractivity contribution in [3.05, 3.63) is 0 Å². The van der Waals surface area contributed by atoms with Gasteiger partial charge < -0.3 is 10.6 Å². The lowest BCUT2D eigenvalue weighted by Crippen LogP contribution is -2.58. The smallest absolute Gasteiger partial charge is 0.0307 e. The summed E-state index contributed by atoms with van der Waals surface area (Å²) in [5.41, 5.74) is 6.26. The van der Waals surface area contributed by atoms with Crippen LogP contribution >= 0.6 is 0 Å². The summed E-state index contributed by atoms with van der Waals surface area (Å²) in [6, 6.07) is 0. The molecule has 1 saturated carbocycles. The molecule has 0 amide bonds. The van der Waals surface area contributed by atoms with Crippen molar-refractivity contribution in [3.63, 3.8) is 0 Å². The molecular formula is C12H25N3. The van der Waals surface area contributed by atoms with E-state index in [4.69, 9.17) is 5.73 Å². The predicted octanol–water partition coefficient (Wildman–Crippen LogP) is 0.751. The molecule has 3 nitrogen and oxygen atoms in total. The Morgan fingerprint density at radius 3 is 2.27 bits per heavy atom. The van der Waals surface area contributed by atoms with Gasteiger partial charge in [0.2, 0.25) is 0 Å². The van der Waals surface area contributed by atoms with Crippen LogP contribution in [0.5, 0.6) is 0 Å². The van der Waals surface area contributed by atoms with Gasteiger partial charge in [0.05, 0.1) is 0 Å². The molecule has 0 spiro atoms. The topological polar surface area (TPSA) is 32.5 Å². The van der Waals surface area contributed by atoms with Crippen LogP contribution in [-0.4, -0.2) is 55.1 Å². The Labute approximate surface area is 93.6 Å². The van der Waals surface area contributed by atoms with Crippen molar-refractivity contribution in [2.24, 2.45) is 11.7 Å². The standard InChI is InChI=1S/C12H25N3/c1-12(10-13,9-11-3-4-11)15-7-5-14(2)6-8-15/h11H,3-10,13H2,1-2H3. The van der Waals surface area contributed by atoms with Crippen LogP contribution in [0, 0.1) is 5.92 Å². The van der Waals surface area contributed by atoms with E-state index in [1.807, 2.05) is 0 Å². The van der Waals surface area contributed by atoms with Crippen LogP contribution in [0.1, 0.15) is 26.2 Å². The third-order valence-electron chi connectivity index (χ3n) is 4.13. The molecule has 15 heavy (non-hydrogen) atoms. The highest BCUT2D eigenvalue weighted by Crippen LogP contribution is 2.38. The van der Waals surface area contributed by atoms with Gasteiger partial charge in [-0.25, -0.2) is 0 Å². The minimum Gasteiger partial charge on any atom is -0.329 e. The first-order valence-electron chi connectivity index (χ1n) is 6.28. The number of likely N-dealkylation sites (N-methyl/N-ethyl adjacent to an activating group) is 1. The van der Waals surface area contributed by atoms with Crippen LogP contribution in [-0.2, 0) is 0 Å². The van der Waals surface area contributed by atoms with Crippen molar-refractivity contribution < 1.29 is 0 Å². The second-order valence-corrected chi connectivity index (χ2v) is 5.64. The van der Waals surface area contributed by atoms with Gasteiger partial charge in [-0.3, -0.25) is 4.90 Å². The van der Waals surface area contributed by atoms with Crippen LogP contribution in [0.2, 0.25) is 0 Å². The molecule has 1 aliphatic heterocycles. The molecule has 1 saturated heterocycles. The second-order valence-electron chi connectivity index (χ2n) is 5.64. The minimum atomic E-state index is 0.266. The molecule has 1 heterocycles. The second kappa shape index (κ2) is 4.40. The molecule has 0 bridgehead atoms. The lowest BCUT2D eigenvalue weighted by Gasteiger charge is -2.45. The highest BCUT2D eigenvalue weighted by molar-refractivity contribution is 4.94. The van der Waals surface area contributed by atoms with E-state index in [0.717, 1.165) is 12.5 Å². The van der Waals surface area contributed by atoms with Crippen LogP contribution < -0.4 is 5.73 Å². The Kier molecular flexibility index (Phi) is 3.33. The lowest BCUT2D eigenvalue weighted by molar-refractivity contribution is 0.0467. The summed E-state index contributed by atoms with van der Waals surface area (Å²) in [5.74, 6) is 0.971. The van der Waals surface area contributed by atoms with E-state index in [1.165, 1.54) is 45.4 Å². The summed E-state index contributed by atoms with van der Waals surface area (Å²) >= 11 is 0. The van der Waals surface area contributed by atoms with E-state index in [2.05, 4.69) is 23.8 Å². The zero-order chi connectivity index (χ0) is 10.9. The Hall–Kier alpha value is -0.120. The number of nitrogens with zero attached hydrogens (tertiary/aromatic N) is 2. The number of hydrogen-bond donors (Lipinski definition) is 1. The van der Waals surface area contributed by atoms with Gasteiger partial charge in [-0.05, 0) is 26.3 Å². The van der Waals surface area contributed by atoms with Gasteiger partial charge in [-0.1, -0.05) is 12.8 Å². The van der Waals surface area contributed by atoms with Gasteiger partial charge in [-0.15, -0.1) is 0 Å². The Morgan fingerprint density at radius 1 is 1.20 bits per heavy atom. The van der Waals surface area contributed by atoms with Crippen molar-refractivity contribution in [2.45, 2.75) is 31.7 Å². The molecular weight excluding hydrogens is 186 g/mol. The first-order valence-corrected chi connectivity index (χ1v) is 6.28. The monoisotopic (exact) mass is 211 g/mol. The molecule has 1 unspecified atom stereocenters. The van der Waals surface area contributed by atoms with Gasteiger partial charge in [0.15, 0.2) is 0 Å². The molecule has 2 N–H and O–H groups in total. The SMILES string of the molecule is CN1CCN(C(C)(CN)CC2CC2)CC1. The summed E-state index contributed by atoms with van der Waals surface area (Å²) in [6.07, 6.45) is 4.18. The van der Waals surface area contributed by atoms with Gasteiger partial charge in [0.1, 0.15) is 0 Å². The molecule has 1 aliphatic carbocycles. The van der Waals surface area contributed by atoms with E-state index >= 15 is 0 Å². The van der Waals surface area contributed by atoms with Gasteiger partial charge >= 0.3 is 0 Å². The molecule has 0 aromatic heterocycles. The van der Waals surface area contributed by atoms with Crippen LogP contribution in [0.3, 0.4) is 0 Å². The normalized spacial score (nSPS) is 29.0. The van der Waals surface area contributed by atoms with Crippen molar-refractivity contribution in [2.75, 3.05) is 39.8 Å². The third-order valence-corrected chi connectivity index (χ3v) is 4.13. The summed E-state index contributed by atoms with van der Waals surface area (Å²) in [5, 5.41) is 0. The zero-order valence-corrected chi connectivity index (χ0v) is 10.2. The van der Waals surface area contributed by atoms with Crippen LogP contribution in [0.25, 0.3) is 0 Å². The fraction of sp³-hybridized carbons (Fsp3) is 1.00. The molecule has 0 radical (unpaired) electrons. The molecule has 88 valence electrons. The zero-order valence-electron chi connectivity index (χ0n) is 10.2. The van der Waals surface area contributed by atoms with Crippen LogP contribution in [0.15, 0.2) is 0 Å². The molecule has 2 fully saturated rings. The first kappa shape index (κ1) is 11.4. The molecule has 2 aliphatic rings. The molecule has 2 rings (SSSR count). The highest BCUT2D eigenvalue weighted by atomic mass is 15.3. The number of rotatable bonds is 4. The quantitative estimate of drug-likeness (QED) is 0.745. The number of piperazine rings is 1. The highest BCUT2D eigenvalue weighted by Gasteiger charge is 2.37. The first-order chi connectivity index (χ1) is 7.14. The van der Waals surface area contributed by atoms with E-state index < -0.39 is 0 Å². The van der Waals surface area contributed by atoms with Gasteiger partial charge in [-0.2, -0.15) is 0 Å². The van der Waals surface area contributed by atoms with Crippen molar-refractivity contribution in [3.8, 4) is 0 Å². The Morgan fingerprint density at radius 2 is 1.80 bits per heavy atom. The number of nitrogens with two attached hydrogens (primary N) is 1. The van der Waals surface area contributed by atoms with E-state index in [9.17, 15) is 0 Å². The van der Waals surface area contributed by atoms with Crippen molar-refractivity contribution >= 4 is 0 Å². The summed E-state index contributed by atoms with van der Waals surface area (Å²) in [7, 11) is 2.21. The molecule has 3 heteroatoms. The van der Waals surface area contributed by atoms with Gasteiger partial charge in [0, 0.05) is 38.3 Å². The molecule has 0 aromatic rings. The molecule has 0 aromatic carbocycles. The third kappa shape index (κ3) is 2.71. The van der Waals surface area contributed by atoms with Gasteiger partial charge in [0.25, 0.3) is 0 Å². The van der Waals surface area contributed by atoms with Crippen molar-refractivity contribution in [1.82, 2.24) is 9.80 Å². The predicted molar refractivity (Wildman–Crippen MR) is 63.9 cm³/mol. The molecule has 1 atom stereocenters. The van der Waals surface area contributed by atoms with E-state index in [1.54, 1.807) is 0 Å². The maximum absolute atomic E-state index is 5.99. The minimum absolute atomic E-state index is 0.266. The average molecular weight is 211 g/mol. The summed E-state index contributed by atoms with van der Waals surface area (Å²) < 4.78 is 0. The fourth-order valence-corrected chi connectivity index (χ4v) is 2.63. The van der Waals surface area contributed by atoms with Crippen LogP contribution in [0.4, 0.5) is 0 Å². The van der Waals surface area contributed by atoms with Crippen molar-refractivity contribution in [1.29, 1.82) is 0 Å². The summed E-state index contributed by atoms with van der Waals surface area (Å²) in [4.78, 5) is 5.02. The Balaban J connectivity index is 1.91. The lowest BCUT2D eigenvalue weighted by atomic mass is 9.92. The largest absolute Gasteiger partial charge is 0.329 e. The average Bonchev–Trinajstić information content (AvgIpc) is 3.02. The Bertz CT molecular complexity index is 207.